The highest BCUT2D eigenvalue weighted by molar-refractivity contribution is 7.89. The molecule has 156 valence electrons. The lowest BCUT2D eigenvalue weighted by Gasteiger charge is -2.26. The summed E-state index contributed by atoms with van der Waals surface area (Å²) in [7, 11) is -3.79. The summed E-state index contributed by atoms with van der Waals surface area (Å²) in [5.74, 6) is -0.207. The number of thiazole rings is 1. The van der Waals surface area contributed by atoms with E-state index in [-0.39, 0.29) is 28.9 Å². The van der Waals surface area contributed by atoms with Crippen LogP contribution in [0.4, 0.5) is 5.13 Å². The Kier molecular flexibility index (Phi) is 5.89. The SMILES string of the molecule is Cc1cc(S(=O)(=O)N2CCc3nc(NC(=O)C4CCCO4)sc3C2)c(Cl)cc1Cl. The van der Waals surface area contributed by atoms with Crippen molar-refractivity contribution in [1.82, 2.24) is 9.29 Å². The molecular formula is C18H19Cl2N3O4S2. The molecule has 29 heavy (non-hydrogen) atoms. The van der Waals surface area contributed by atoms with Gasteiger partial charge in [0.25, 0.3) is 5.91 Å². The minimum absolute atomic E-state index is 0.0425. The first-order valence-electron chi connectivity index (χ1n) is 9.12. The van der Waals surface area contributed by atoms with Crippen molar-refractivity contribution in [3.8, 4) is 0 Å². The molecule has 0 aliphatic carbocycles. The number of carbonyl (C=O) groups excluding carboxylic acids is 1. The van der Waals surface area contributed by atoms with Crippen LogP contribution in [0.25, 0.3) is 0 Å². The molecule has 1 atom stereocenters. The third-order valence-corrected chi connectivity index (χ3v) is 8.69. The lowest BCUT2D eigenvalue weighted by molar-refractivity contribution is -0.124. The van der Waals surface area contributed by atoms with Gasteiger partial charge in [-0.05, 0) is 37.5 Å². The van der Waals surface area contributed by atoms with Gasteiger partial charge in [-0.2, -0.15) is 4.31 Å². The zero-order valence-corrected chi connectivity index (χ0v) is 18.7. The lowest BCUT2D eigenvalue weighted by Crippen LogP contribution is -2.35. The van der Waals surface area contributed by atoms with Gasteiger partial charge in [-0.15, -0.1) is 11.3 Å². The highest BCUT2D eigenvalue weighted by Gasteiger charge is 2.33. The third kappa shape index (κ3) is 4.17. The van der Waals surface area contributed by atoms with Gasteiger partial charge in [0.05, 0.1) is 17.3 Å². The standard InChI is InChI=1S/C18H19Cl2N3O4S2/c1-10-7-16(12(20)8-11(10)19)29(25,26)23-5-4-13-15(9-23)28-18(21-13)22-17(24)14-3-2-6-27-14/h7-8,14H,2-6,9H2,1H3,(H,21,22,24). The van der Waals surface area contributed by atoms with Crippen molar-refractivity contribution in [1.29, 1.82) is 0 Å². The number of aryl methyl sites for hydroxylation is 1. The van der Waals surface area contributed by atoms with E-state index in [2.05, 4.69) is 10.3 Å². The van der Waals surface area contributed by atoms with Crippen molar-refractivity contribution in [2.45, 2.75) is 43.7 Å². The summed E-state index contributed by atoms with van der Waals surface area (Å²) in [6.07, 6.45) is 1.59. The van der Waals surface area contributed by atoms with Gasteiger partial charge < -0.3 is 4.74 Å². The Hall–Kier alpha value is -1.23. The number of fused-ring (bicyclic) bond motifs is 1. The summed E-state index contributed by atoms with van der Waals surface area (Å²) in [5.41, 5.74) is 1.45. The van der Waals surface area contributed by atoms with E-state index in [0.29, 0.717) is 35.2 Å². The number of amides is 1. The summed E-state index contributed by atoms with van der Waals surface area (Å²) in [6, 6.07) is 2.95. The fraction of sp³-hybridized carbons (Fsp3) is 0.444. The Labute approximate surface area is 183 Å². The number of carbonyl (C=O) groups is 1. The number of halogens is 2. The smallest absolute Gasteiger partial charge is 0.255 e. The molecule has 1 aromatic heterocycles. The fourth-order valence-corrected chi connectivity index (χ4v) is 6.69. The maximum absolute atomic E-state index is 13.1. The van der Waals surface area contributed by atoms with Crippen LogP contribution >= 0.6 is 34.5 Å². The molecule has 4 rings (SSSR count). The zero-order valence-electron chi connectivity index (χ0n) is 15.6. The fourth-order valence-electron chi connectivity index (χ4n) is 3.37. The second-order valence-electron chi connectivity index (χ2n) is 7.00. The first-order valence-corrected chi connectivity index (χ1v) is 12.1. The monoisotopic (exact) mass is 475 g/mol. The van der Waals surface area contributed by atoms with Gasteiger partial charge in [0.15, 0.2) is 5.13 Å². The average molecular weight is 476 g/mol. The van der Waals surface area contributed by atoms with E-state index in [1.54, 1.807) is 6.92 Å². The number of benzene rings is 1. The number of nitrogens with zero attached hydrogens (tertiary/aromatic N) is 2. The van der Waals surface area contributed by atoms with E-state index < -0.39 is 16.1 Å². The number of rotatable bonds is 4. The molecule has 2 aliphatic heterocycles. The molecule has 0 bridgehead atoms. The molecule has 11 heteroatoms. The van der Waals surface area contributed by atoms with Crippen LogP contribution in [0.2, 0.25) is 10.0 Å². The largest absolute Gasteiger partial charge is 0.368 e. The van der Waals surface area contributed by atoms with Gasteiger partial charge in [0.1, 0.15) is 11.0 Å². The third-order valence-electron chi connectivity index (χ3n) is 4.98. The van der Waals surface area contributed by atoms with Gasteiger partial charge in [-0.3, -0.25) is 10.1 Å². The second kappa shape index (κ2) is 8.13. The van der Waals surface area contributed by atoms with Crippen LogP contribution in [-0.2, 0) is 32.5 Å². The Morgan fingerprint density at radius 3 is 2.86 bits per heavy atom. The summed E-state index contributed by atoms with van der Waals surface area (Å²) >= 11 is 13.5. The minimum Gasteiger partial charge on any atom is -0.368 e. The first-order chi connectivity index (χ1) is 13.8. The van der Waals surface area contributed by atoms with Crippen molar-refractivity contribution in [3.05, 3.63) is 38.3 Å². The average Bonchev–Trinajstić information content (AvgIpc) is 3.33. The highest BCUT2D eigenvalue weighted by Crippen LogP contribution is 2.34. The molecule has 1 saturated heterocycles. The van der Waals surface area contributed by atoms with Crippen LogP contribution in [0.1, 0.15) is 29.0 Å². The molecule has 0 spiro atoms. The predicted octanol–water partition coefficient (Wildman–Crippen LogP) is 3.62. The van der Waals surface area contributed by atoms with Crippen LogP contribution in [0.15, 0.2) is 17.0 Å². The van der Waals surface area contributed by atoms with Gasteiger partial charge in [0.2, 0.25) is 10.0 Å². The molecule has 1 fully saturated rings. The van der Waals surface area contributed by atoms with Crippen LogP contribution in [0, 0.1) is 6.92 Å². The topological polar surface area (TPSA) is 88.6 Å². The van der Waals surface area contributed by atoms with E-state index in [1.807, 2.05) is 0 Å². The lowest BCUT2D eigenvalue weighted by atomic mass is 10.2. The summed E-state index contributed by atoms with van der Waals surface area (Å²) in [4.78, 5) is 17.5. The normalized spacial score (nSPS) is 19.9. The Morgan fingerprint density at radius 2 is 2.14 bits per heavy atom. The minimum atomic E-state index is -3.79. The van der Waals surface area contributed by atoms with Crippen molar-refractivity contribution in [3.63, 3.8) is 0 Å². The van der Waals surface area contributed by atoms with E-state index >= 15 is 0 Å². The molecule has 1 N–H and O–H groups in total. The molecule has 1 amide bonds. The van der Waals surface area contributed by atoms with Crippen LogP contribution in [-0.4, -0.2) is 42.9 Å². The second-order valence-corrected chi connectivity index (χ2v) is 10.8. The molecular weight excluding hydrogens is 457 g/mol. The molecule has 7 nitrogen and oxygen atoms in total. The van der Waals surface area contributed by atoms with E-state index in [1.165, 1.54) is 27.8 Å². The van der Waals surface area contributed by atoms with Crippen molar-refractivity contribution in [2.24, 2.45) is 0 Å². The van der Waals surface area contributed by atoms with Crippen molar-refractivity contribution >= 4 is 55.6 Å². The number of hydrogen-bond donors (Lipinski definition) is 1. The van der Waals surface area contributed by atoms with Gasteiger partial charge >= 0.3 is 0 Å². The molecule has 1 unspecified atom stereocenters. The van der Waals surface area contributed by atoms with Gasteiger partial charge in [-0.25, -0.2) is 13.4 Å². The first kappa shape index (κ1) is 21.0. The quantitative estimate of drug-likeness (QED) is 0.728. The number of hydrogen-bond acceptors (Lipinski definition) is 6. The van der Waals surface area contributed by atoms with E-state index in [9.17, 15) is 13.2 Å². The maximum atomic E-state index is 13.1. The van der Waals surface area contributed by atoms with E-state index in [4.69, 9.17) is 27.9 Å². The Bertz CT molecular complexity index is 1070. The molecule has 0 saturated carbocycles. The zero-order chi connectivity index (χ0) is 20.8. The highest BCUT2D eigenvalue weighted by atomic mass is 35.5. The number of ether oxygens (including phenoxy) is 1. The van der Waals surface area contributed by atoms with Crippen LogP contribution in [0.5, 0.6) is 0 Å². The Morgan fingerprint density at radius 1 is 1.34 bits per heavy atom. The summed E-state index contributed by atoms with van der Waals surface area (Å²) < 4.78 is 33.0. The summed E-state index contributed by atoms with van der Waals surface area (Å²) in [6.45, 7) is 2.80. The number of nitrogens with one attached hydrogen (secondary N) is 1. The van der Waals surface area contributed by atoms with Crippen molar-refractivity contribution < 1.29 is 17.9 Å². The van der Waals surface area contributed by atoms with Crippen LogP contribution < -0.4 is 5.32 Å². The maximum Gasteiger partial charge on any atom is 0.255 e. The van der Waals surface area contributed by atoms with Crippen LogP contribution in [0.3, 0.4) is 0 Å². The molecule has 3 heterocycles. The molecule has 0 radical (unpaired) electrons. The Balaban J connectivity index is 1.53. The van der Waals surface area contributed by atoms with E-state index in [0.717, 1.165) is 17.0 Å². The summed E-state index contributed by atoms with van der Waals surface area (Å²) in [5, 5.41) is 3.77. The number of sulfonamides is 1. The molecule has 1 aromatic carbocycles. The van der Waals surface area contributed by atoms with Gasteiger partial charge in [0, 0.05) is 29.5 Å². The molecule has 2 aliphatic rings. The number of anilines is 1. The predicted molar refractivity (Wildman–Crippen MR) is 112 cm³/mol. The van der Waals surface area contributed by atoms with Gasteiger partial charge in [-0.1, -0.05) is 23.2 Å². The van der Waals surface area contributed by atoms with Crippen molar-refractivity contribution in [2.75, 3.05) is 18.5 Å². The number of aromatic nitrogens is 1. The molecule has 2 aromatic rings.